The molecule has 4 rings (SSSR count). The zero-order valence-corrected chi connectivity index (χ0v) is 12.5. The van der Waals surface area contributed by atoms with E-state index < -0.39 is 0 Å². The van der Waals surface area contributed by atoms with Gasteiger partial charge in [-0.3, -0.25) is 0 Å². The monoisotopic (exact) mass is 310 g/mol. The van der Waals surface area contributed by atoms with Gasteiger partial charge >= 0.3 is 0 Å². The fourth-order valence-corrected chi connectivity index (χ4v) is 3.61. The first-order valence-corrected chi connectivity index (χ1v) is 7.61. The van der Waals surface area contributed by atoms with E-state index in [1.165, 1.54) is 12.1 Å². The molecule has 1 aromatic carbocycles. The lowest BCUT2D eigenvalue weighted by Gasteiger charge is -2.03. The first kappa shape index (κ1) is 13.2. The molecular formula is C17H11FN2OS. The molecule has 0 bridgehead atoms. The van der Waals surface area contributed by atoms with Crippen LogP contribution < -0.4 is 0 Å². The molecule has 0 spiro atoms. The Morgan fingerprint density at radius 2 is 1.95 bits per heavy atom. The van der Waals surface area contributed by atoms with Gasteiger partial charge in [0.1, 0.15) is 22.1 Å². The van der Waals surface area contributed by atoms with Gasteiger partial charge in [-0.05, 0) is 36.8 Å². The summed E-state index contributed by atoms with van der Waals surface area (Å²) in [4.78, 5) is 6.34. The summed E-state index contributed by atoms with van der Waals surface area (Å²) in [6.07, 6.45) is 1.77. The second kappa shape index (κ2) is 5.03. The van der Waals surface area contributed by atoms with Gasteiger partial charge in [0.15, 0.2) is 0 Å². The first-order valence-electron chi connectivity index (χ1n) is 6.79. The Kier molecular flexibility index (Phi) is 3.01. The van der Waals surface area contributed by atoms with Crippen LogP contribution in [-0.2, 0) is 0 Å². The molecule has 0 aliphatic carbocycles. The number of hydrogen-bond donors (Lipinski definition) is 0. The van der Waals surface area contributed by atoms with Crippen molar-refractivity contribution < 1.29 is 8.91 Å². The molecule has 0 N–H and O–H groups in total. The van der Waals surface area contributed by atoms with Gasteiger partial charge < -0.3 is 4.52 Å². The third kappa shape index (κ3) is 2.10. The third-order valence-corrected chi connectivity index (χ3v) is 4.60. The topological polar surface area (TPSA) is 38.9 Å². The lowest BCUT2D eigenvalue weighted by atomic mass is 10.0. The minimum atomic E-state index is -0.250. The van der Waals surface area contributed by atoms with E-state index in [1.807, 2.05) is 25.1 Å². The molecular weight excluding hydrogens is 299 g/mol. The summed E-state index contributed by atoms with van der Waals surface area (Å²) >= 11 is 1.56. The number of aromatic nitrogens is 2. The lowest BCUT2D eigenvalue weighted by Crippen LogP contribution is -1.82. The van der Waals surface area contributed by atoms with E-state index >= 15 is 0 Å². The third-order valence-electron chi connectivity index (χ3n) is 3.46. The molecule has 3 aromatic heterocycles. The Balaban J connectivity index is 2.03. The Labute approximate surface area is 130 Å². The normalized spacial score (nSPS) is 11.2. The minimum Gasteiger partial charge on any atom is -0.361 e. The van der Waals surface area contributed by atoms with Crippen LogP contribution in [0.2, 0.25) is 0 Å². The van der Waals surface area contributed by atoms with Crippen molar-refractivity contribution in [1.29, 1.82) is 0 Å². The predicted molar refractivity (Wildman–Crippen MR) is 85.2 cm³/mol. The molecule has 0 amide bonds. The van der Waals surface area contributed by atoms with E-state index in [0.717, 1.165) is 37.7 Å². The molecule has 22 heavy (non-hydrogen) atoms. The van der Waals surface area contributed by atoms with Crippen molar-refractivity contribution in [2.45, 2.75) is 6.92 Å². The van der Waals surface area contributed by atoms with E-state index in [-0.39, 0.29) is 5.82 Å². The number of nitrogens with zero attached hydrogens (tertiary/aromatic N) is 2. The predicted octanol–water partition coefficient (Wildman–Crippen LogP) is 5.07. The van der Waals surface area contributed by atoms with Crippen LogP contribution in [0.1, 0.15) is 5.76 Å². The summed E-state index contributed by atoms with van der Waals surface area (Å²) in [5.41, 5.74) is 2.73. The maximum Gasteiger partial charge on any atom is 0.134 e. The van der Waals surface area contributed by atoms with Crippen LogP contribution in [0.4, 0.5) is 4.39 Å². The molecule has 0 fully saturated rings. The number of benzene rings is 1. The van der Waals surface area contributed by atoms with Crippen LogP contribution in [0.25, 0.3) is 31.9 Å². The molecule has 5 heteroatoms. The number of aryl methyl sites for hydroxylation is 1. The average Bonchev–Trinajstić information content (AvgIpc) is 3.11. The smallest absolute Gasteiger partial charge is 0.134 e. The molecule has 3 nitrogen and oxygen atoms in total. The summed E-state index contributed by atoms with van der Waals surface area (Å²) < 4.78 is 18.4. The van der Waals surface area contributed by atoms with Gasteiger partial charge in [-0.1, -0.05) is 17.3 Å². The number of hydrogen-bond acceptors (Lipinski definition) is 4. The van der Waals surface area contributed by atoms with E-state index in [2.05, 4.69) is 10.1 Å². The first-order chi connectivity index (χ1) is 10.7. The van der Waals surface area contributed by atoms with Gasteiger partial charge in [0.25, 0.3) is 0 Å². The van der Waals surface area contributed by atoms with Crippen LogP contribution in [0.5, 0.6) is 0 Å². The quantitative estimate of drug-likeness (QED) is 0.519. The maximum atomic E-state index is 13.2. The number of thiophene rings is 1. The fourth-order valence-electron chi connectivity index (χ4n) is 2.49. The summed E-state index contributed by atoms with van der Waals surface area (Å²) in [6.45, 7) is 1.86. The summed E-state index contributed by atoms with van der Waals surface area (Å²) in [7, 11) is 0. The molecule has 3 heterocycles. The molecule has 0 unspecified atom stereocenters. The molecule has 0 aliphatic heterocycles. The van der Waals surface area contributed by atoms with Crippen molar-refractivity contribution >= 4 is 21.6 Å². The largest absolute Gasteiger partial charge is 0.361 e. The van der Waals surface area contributed by atoms with Crippen molar-refractivity contribution in [2.75, 3.05) is 0 Å². The van der Waals surface area contributed by atoms with E-state index in [9.17, 15) is 4.39 Å². The van der Waals surface area contributed by atoms with Crippen molar-refractivity contribution in [3.63, 3.8) is 0 Å². The highest BCUT2D eigenvalue weighted by molar-refractivity contribution is 7.22. The van der Waals surface area contributed by atoms with Crippen LogP contribution in [0.3, 0.4) is 0 Å². The van der Waals surface area contributed by atoms with Crippen LogP contribution in [0.15, 0.2) is 53.2 Å². The molecule has 0 saturated carbocycles. The maximum absolute atomic E-state index is 13.2. The zero-order chi connectivity index (χ0) is 15.1. The van der Waals surface area contributed by atoms with E-state index in [4.69, 9.17) is 4.52 Å². The molecule has 4 aromatic rings. The van der Waals surface area contributed by atoms with E-state index in [0.29, 0.717) is 0 Å². The Hall–Kier alpha value is -2.53. The summed E-state index contributed by atoms with van der Waals surface area (Å²) in [5.74, 6) is 0.505. The fraction of sp³-hybridized carbons (Fsp3) is 0.0588. The van der Waals surface area contributed by atoms with Gasteiger partial charge in [0.2, 0.25) is 0 Å². The number of rotatable bonds is 2. The molecule has 0 atom stereocenters. The van der Waals surface area contributed by atoms with Crippen molar-refractivity contribution in [3.8, 4) is 21.7 Å². The highest BCUT2D eigenvalue weighted by atomic mass is 32.1. The summed E-state index contributed by atoms with van der Waals surface area (Å²) in [6, 6.07) is 12.3. The number of halogens is 1. The standard InChI is InChI=1S/C17H11FN2OS/c1-10-9-14(20-21-10)16-15(11-4-6-12(18)7-5-11)13-3-2-8-19-17(13)22-16/h2-9H,1H3. The van der Waals surface area contributed by atoms with Crippen LogP contribution in [0, 0.1) is 12.7 Å². The molecule has 0 radical (unpaired) electrons. The second-order valence-corrected chi connectivity index (χ2v) is 5.99. The summed E-state index contributed by atoms with van der Waals surface area (Å²) in [5, 5.41) is 5.16. The lowest BCUT2D eigenvalue weighted by molar-refractivity contribution is 0.400. The zero-order valence-electron chi connectivity index (χ0n) is 11.7. The Bertz CT molecular complexity index is 956. The number of pyridine rings is 1. The van der Waals surface area contributed by atoms with Crippen molar-refractivity contribution in [1.82, 2.24) is 10.1 Å². The number of fused-ring (bicyclic) bond motifs is 1. The van der Waals surface area contributed by atoms with Crippen LogP contribution in [-0.4, -0.2) is 10.1 Å². The average molecular weight is 310 g/mol. The van der Waals surface area contributed by atoms with Gasteiger partial charge in [-0.15, -0.1) is 11.3 Å². The molecule has 108 valence electrons. The Morgan fingerprint density at radius 3 is 2.68 bits per heavy atom. The van der Waals surface area contributed by atoms with Crippen molar-refractivity contribution in [2.24, 2.45) is 0 Å². The molecule has 0 saturated heterocycles. The molecule has 0 aliphatic rings. The highest BCUT2D eigenvalue weighted by Crippen LogP contribution is 2.43. The highest BCUT2D eigenvalue weighted by Gasteiger charge is 2.18. The van der Waals surface area contributed by atoms with Crippen molar-refractivity contribution in [3.05, 3.63) is 60.2 Å². The van der Waals surface area contributed by atoms with Gasteiger partial charge in [-0.25, -0.2) is 9.37 Å². The van der Waals surface area contributed by atoms with E-state index in [1.54, 1.807) is 29.7 Å². The van der Waals surface area contributed by atoms with Gasteiger partial charge in [0, 0.05) is 23.2 Å². The van der Waals surface area contributed by atoms with Gasteiger partial charge in [-0.2, -0.15) is 0 Å². The Morgan fingerprint density at radius 1 is 1.14 bits per heavy atom. The second-order valence-electron chi connectivity index (χ2n) is 4.99. The van der Waals surface area contributed by atoms with Gasteiger partial charge in [0.05, 0.1) is 4.88 Å². The minimum absolute atomic E-state index is 0.250. The SMILES string of the molecule is Cc1cc(-c2sc3ncccc3c2-c2ccc(F)cc2)no1. The van der Waals surface area contributed by atoms with Crippen LogP contribution >= 0.6 is 11.3 Å².